The van der Waals surface area contributed by atoms with Crippen LogP contribution >= 0.6 is 0 Å². The van der Waals surface area contributed by atoms with Gasteiger partial charge in [0.2, 0.25) is 11.8 Å². The van der Waals surface area contributed by atoms with Crippen LogP contribution in [0.3, 0.4) is 0 Å². The second-order valence-electron chi connectivity index (χ2n) is 6.58. The maximum Gasteiger partial charge on any atom is 0.306 e. The molecule has 2 amide bonds. The van der Waals surface area contributed by atoms with Gasteiger partial charge in [-0.05, 0) is 17.5 Å². The molecule has 0 bridgehead atoms. The lowest BCUT2D eigenvalue weighted by atomic mass is 9.73. The molecule has 5 heteroatoms. The SMILES string of the molecule is COC(=O)C[C@@H]1C(=O)N(c2ccccc2)C(=O)[C@H]1C(C)(C)C. The summed E-state index contributed by atoms with van der Waals surface area (Å²) in [5.74, 6) is -2.28. The highest BCUT2D eigenvalue weighted by atomic mass is 16.5. The molecule has 0 N–H and O–H groups in total. The summed E-state index contributed by atoms with van der Waals surface area (Å²) in [4.78, 5) is 38.3. The van der Waals surface area contributed by atoms with Crippen molar-refractivity contribution in [2.75, 3.05) is 12.0 Å². The van der Waals surface area contributed by atoms with E-state index in [2.05, 4.69) is 4.74 Å². The number of imide groups is 1. The first-order chi connectivity index (χ1) is 10.3. The Balaban J connectivity index is 2.42. The summed E-state index contributed by atoms with van der Waals surface area (Å²) < 4.78 is 4.68. The fourth-order valence-corrected chi connectivity index (χ4v) is 3.00. The minimum Gasteiger partial charge on any atom is -0.469 e. The molecule has 1 aromatic rings. The largest absolute Gasteiger partial charge is 0.469 e. The molecule has 0 unspecified atom stereocenters. The smallest absolute Gasteiger partial charge is 0.306 e. The quantitative estimate of drug-likeness (QED) is 0.635. The molecule has 0 radical (unpaired) electrons. The molecular weight excluding hydrogens is 282 g/mol. The highest BCUT2D eigenvalue weighted by molar-refractivity contribution is 6.22. The van der Waals surface area contributed by atoms with Crippen molar-refractivity contribution >= 4 is 23.5 Å². The van der Waals surface area contributed by atoms with Gasteiger partial charge in [0.25, 0.3) is 0 Å². The fraction of sp³-hybridized carbons (Fsp3) is 0.471. The number of hydrogen-bond acceptors (Lipinski definition) is 4. The average molecular weight is 303 g/mol. The lowest BCUT2D eigenvalue weighted by Gasteiger charge is -2.28. The number of hydrogen-bond donors (Lipinski definition) is 0. The zero-order valence-electron chi connectivity index (χ0n) is 13.3. The molecule has 5 nitrogen and oxygen atoms in total. The summed E-state index contributed by atoms with van der Waals surface area (Å²) in [5.41, 5.74) is 0.119. The second kappa shape index (κ2) is 5.91. The number of nitrogens with zero attached hydrogens (tertiary/aromatic N) is 1. The van der Waals surface area contributed by atoms with Gasteiger partial charge in [-0.15, -0.1) is 0 Å². The van der Waals surface area contributed by atoms with E-state index >= 15 is 0 Å². The van der Waals surface area contributed by atoms with Crippen molar-refractivity contribution in [3.05, 3.63) is 30.3 Å². The molecule has 0 aliphatic carbocycles. The Hall–Kier alpha value is -2.17. The topological polar surface area (TPSA) is 63.7 Å². The maximum atomic E-state index is 12.8. The zero-order chi connectivity index (χ0) is 16.5. The molecule has 0 aromatic heterocycles. The number of ether oxygens (including phenoxy) is 1. The van der Waals surface area contributed by atoms with Crippen LogP contribution in [0.5, 0.6) is 0 Å². The summed E-state index contributed by atoms with van der Waals surface area (Å²) in [6, 6.07) is 8.80. The highest BCUT2D eigenvalue weighted by Crippen LogP contribution is 2.42. The molecule has 2 atom stereocenters. The van der Waals surface area contributed by atoms with Gasteiger partial charge in [0, 0.05) is 0 Å². The van der Waals surface area contributed by atoms with E-state index in [0.717, 1.165) is 0 Å². The Morgan fingerprint density at radius 1 is 1.14 bits per heavy atom. The first-order valence-corrected chi connectivity index (χ1v) is 7.27. The van der Waals surface area contributed by atoms with Crippen molar-refractivity contribution in [2.24, 2.45) is 17.3 Å². The van der Waals surface area contributed by atoms with Crippen LogP contribution in [0.4, 0.5) is 5.69 Å². The van der Waals surface area contributed by atoms with Crippen molar-refractivity contribution in [1.82, 2.24) is 0 Å². The lowest BCUT2D eigenvalue weighted by Crippen LogP contribution is -2.34. The molecule has 1 heterocycles. The van der Waals surface area contributed by atoms with Gasteiger partial charge < -0.3 is 4.74 Å². The van der Waals surface area contributed by atoms with Gasteiger partial charge in [0.15, 0.2) is 0 Å². The third-order valence-corrected chi connectivity index (χ3v) is 3.99. The highest BCUT2D eigenvalue weighted by Gasteiger charge is 2.53. The van der Waals surface area contributed by atoms with E-state index in [1.165, 1.54) is 12.0 Å². The van der Waals surface area contributed by atoms with Gasteiger partial charge in [-0.1, -0.05) is 39.0 Å². The number of carbonyl (C=O) groups excluding carboxylic acids is 3. The predicted molar refractivity (Wildman–Crippen MR) is 82.0 cm³/mol. The first-order valence-electron chi connectivity index (χ1n) is 7.27. The molecule has 1 aliphatic heterocycles. The molecule has 118 valence electrons. The van der Waals surface area contributed by atoms with E-state index < -0.39 is 23.2 Å². The lowest BCUT2D eigenvalue weighted by molar-refractivity contribution is -0.144. The van der Waals surface area contributed by atoms with Gasteiger partial charge in [0.1, 0.15) is 0 Å². The van der Waals surface area contributed by atoms with Gasteiger partial charge in [-0.3, -0.25) is 19.3 Å². The third-order valence-electron chi connectivity index (χ3n) is 3.99. The van der Waals surface area contributed by atoms with Crippen molar-refractivity contribution in [3.8, 4) is 0 Å². The number of amides is 2. The van der Waals surface area contributed by atoms with E-state index in [1.54, 1.807) is 24.3 Å². The molecule has 1 fully saturated rings. The van der Waals surface area contributed by atoms with Crippen molar-refractivity contribution in [3.63, 3.8) is 0 Å². The number of esters is 1. The Morgan fingerprint density at radius 2 is 1.73 bits per heavy atom. The van der Waals surface area contributed by atoms with Crippen LogP contribution in [0.25, 0.3) is 0 Å². The van der Waals surface area contributed by atoms with Crippen LogP contribution in [0.1, 0.15) is 27.2 Å². The van der Waals surface area contributed by atoms with Crippen LogP contribution in [-0.2, 0) is 19.1 Å². The van der Waals surface area contributed by atoms with Crippen LogP contribution in [-0.4, -0.2) is 24.9 Å². The molecular formula is C17H21NO4. The van der Waals surface area contributed by atoms with E-state index in [0.29, 0.717) is 5.69 Å². The Labute approximate surface area is 130 Å². The van der Waals surface area contributed by atoms with Crippen LogP contribution in [0.2, 0.25) is 0 Å². The van der Waals surface area contributed by atoms with Gasteiger partial charge in [0.05, 0.1) is 31.1 Å². The second-order valence-corrected chi connectivity index (χ2v) is 6.58. The van der Waals surface area contributed by atoms with Gasteiger partial charge in [-0.2, -0.15) is 0 Å². The van der Waals surface area contributed by atoms with Gasteiger partial charge in [-0.25, -0.2) is 0 Å². The monoisotopic (exact) mass is 303 g/mol. The molecule has 1 aliphatic rings. The predicted octanol–water partition coefficient (Wildman–Crippen LogP) is 2.40. The Morgan fingerprint density at radius 3 is 2.23 bits per heavy atom. The molecule has 1 saturated heterocycles. The van der Waals surface area contributed by atoms with Crippen molar-refractivity contribution in [2.45, 2.75) is 27.2 Å². The van der Waals surface area contributed by atoms with E-state index in [9.17, 15) is 14.4 Å². The van der Waals surface area contributed by atoms with E-state index in [-0.39, 0.29) is 18.2 Å². The Kier molecular flexibility index (Phi) is 4.35. The molecule has 1 aromatic carbocycles. The minimum absolute atomic E-state index is 0.0770. The first kappa shape index (κ1) is 16.2. The third kappa shape index (κ3) is 2.89. The van der Waals surface area contributed by atoms with Crippen molar-refractivity contribution < 1.29 is 19.1 Å². The molecule has 2 rings (SSSR count). The normalized spacial score (nSPS) is 22.1. The summed E-state index contributed by atoms with van der Waals surface area (Å²) in [5, 5.41) is 0. The van der Waals surface area contributed by atoms with E-state index in [1.807, 2.05) is 26.8 Å². The summed E-state index contributed by atoms with van der Waals surface area (Å²) in [6.45, 7) is 5.71. The maximum absolute atomic E-state index is 12.8. The van der Waals surface area contributed by atoms with Crippen LogP contribution in [0, 0.1) is 17.3 Å². The number of rotatable bonds is 3. The molecule has 22 heavy (non-hydrogen) atoms. The zero-order valence-corrected chi connectivity index (χ0v) is 13.3. The summed E-state index contributed by atoms with van der Waals surface area (Å²) in [6.07, 6.45) is -0.0770. The number of methoxy groups -OCH3 is 1. The molecule has 0 saturated carbocycles. The molecule has 0 spiro atoms. The average Bonchev–Trinajstić information content (AvgIpc) is 2.70. The van der Waals surface area contributed by atoms with Crippen LogP contribution < -0.4 is 4.90 Å². The number of benzene rings is 1. The summed E-state index contributed by atoms with van der Waals surface area (Å²) >= 11 is 0. The fourth-order valence-electron chi connectivity index (χ4n) is 3.00. The van der Waals surface area contributed by atoms with Crippen LogP contribution in [0.15, 0.2) is 30.3 Å². The standard InChI is InChI=1S/C17H21NO4/c1-17(2,3)14-12(10-13(19)22-4)15(20)18(16(14)21)11-8-6-5-7-9-11/h5-9,12,14H,10H2,1-4H3/t12-,14-/m0/s1. The number of anilines is 1. The van der Waals surface area contributed by atoms with Gasteiger partial charge >= 0.3 is 5.97 Å². The number of carbonyl (C=O) groups is 3. The van der Waals surface area contributed by atoms with E-state index in [4.69, 9.17) is 0 Å². The van der Waals surface area contributed by atoms with Crippen molar-refractivity contribution in [1.29, 1.82) is 0 Å². The minimum atomic E-state index is -0.680. The number of para-hydroxylation sites is 1. The Bertz CT molecular complexity index is 588. The summed E-state index contributed by atoms with van der Waals surface area (Å²) in [7, 11) is 1.28.